The molecule has 0 saturated carbocycles. The normalized spacial score (nSPS) is 12.3. The lowest BCUT2D eigenvalue weighted by molar-refractivity contribution is -0.133. The van der Waals surface area contributed by atoms with Crippen LogP contribution in [-0.2, 0) is 9.53 Å². The summed E-state index contributed by atoms with van der Waals surface area (Å²) in [6.07, 6.45) is 4.65. The first kappa shape index (κ1) is 16.9. The van der Waals surface area contributed by atoms with Crippen molar-refractivity contribution in [2.45, 2.75) is 26.4 Å². The van der Waals surface area contributed by atoms with E-state index in [-0.39, 0.29) is 5.78 Å². The first-order valence-electron chi connectivity index (χ1n) is 7.37. The van der Waals surface area contributed by atoms with Gasteiger partial charge in [0.05, 0.1) is 7.11 Å². The van der Waals surface area contributed by atoms with Gasteiger partial charge in [-0.2, -0.15) is 5.10 Å². The molecular formula is C17H21N3O3. The molecule has 23 heavy (non-hydrogen) atoms. The predicted molar refractivity (Wildman–Crippen MR) is 87.9 cm³/mol. The van der Waals surface area contributed by atoms with Crippen LogP contribution in [0, 0.1) is 0 Å². The van der Waals surface area contributed by atoms with E-state index in [4.69, 9.17) is 9.47 Å². The number of ether oxygens (including phenoxy) is 2. The van der Waals surface area contributed by atoms with E-state index >= 15 is 0 Å². The van der Waals surface area contributed by atoms with Crippen molar-refractivity contribution in [3.05, 3.63) is 42.5 Å². The van der Waals surface area contributed by atoms with Crippen molar-refractivity contribution in [3.8, 4) is 5.75 Å². The van der Waals surface area contributed by atoms with Crippen LogP contribution in [0.15, 0.2) is 36.9 Å². The summed E-state index contributed by atoms with van der Waals surface area (Å²) in [5, 5.41) is 4.08. The van der Waals surface area contributed by atoms with Gasteiger partial charge in [-0.15, -0.1) is 0 Å². The van der Waals surface area contributed by atoms with Gasteiger partial charge in [0.1, 0.15) is 29.7 Å². The SMILES string of the molecule is CCOC(C)(C)C(=O)/C(=C/c1ccc(OC)cc1)n1cncn1. The zero-order chi connectivity index (χ0) is 16.9. The fraction of sp³-hybridized carbons (Fsp3) is 0.353. The summed E-state index contributed by atoms with van der Waals surface area (Å²) in [6.45, 7) is 5.80. The van der Waals surface area contributed by atoms with E-state index in [1.807, 2.05) is 31.2 Å². The number of hydrogen-bond acceptors (Lipinski definition) is 5. The molecule has 0 aliphatic heterocycles. The van der Waals surface area contributed by atoms with Crippen molar-refractivity contribution in [1.29, 1.82) is 0 Å². The summed E-state index contributed by atoms with van der Waals surface area (Å²) in [7, 11) is 1.61. The zero-order valence-corrected chi connectivity index (χ0v) is 13.8. The maximum Gasteiger partial charge on any atom is 0.212 e. The Morgan fingerprint density at radius 1 is 1.30 bits per heavy atom. The molecule has 0 radical (unpaired) electrons. The number of hydrogen-bond donors (Lipinski definition) is 0. The van der Waals surface area contributed by atoms with Crippen LogP contribution < -0.4 is 4.74 Å². The zero-order valence-electron chi connectivity index (χ0n) is 13.8. The lowest BCUT2D eigenvalue weighted by Gasteiger charge is -2.24. The predicted octanol–water partition coefficient (Wildman–Crippen LogP) is 2.67. The average molecular weight is 315 g/mol. The number of aromatic nitrogens is 3. The van der Waals surface area contributed by atoms with E-state index in [1.54, 1.807) is 27.0 Å². The van der Waals surface area contributed by atoms with Gasteiger partial charge in [-0.3, -0.25) is 4.79 Å². The number of Topliss-reactive ketones (excluding diaryl/α,β-unsaturated/α-hetero) is 1. The quantitative estimate of drug-likeness (QED) is 0.735. The topological polar surface area (TPSA) is 66.2 Å². The van der Waals surface area contributed by atoms with Gasteiger partial charge < -0.3 is 9.47 Å². The van der Waals surface area contributed by atoms with Crippen LogP contribution in [0.3, 0.4) is 0 Å². The van der Waals surface area contributed by atoms with Crippen LogP contribution in [0.2, 0.25) is 0 Å². The van der Waals surface area contributed by atoms with E-state index in [0.717, 1.165) is 11.3 Å². The maximum atomic E-state index is 12.9. The second kappa shape index (κ2) is 7.19. The van der Waals surface area contributed by atoms with Gasteiger partial charge in [-0.1, -0.05) is 12.1 Å². The third-order valence-corrected chi connectivity index (χ3v) is 3.37. The number of ketones is 1. The monoisotopic (exact) mass is 315 g/mol. The first-order valence-corrected chi connectivity index (χ1v) is 7.37. The van der Waals surface area contributed by atoms with Gasteiger partial charge in [0, 0.05) is 6.61 Å². The fourth-order valence-corrected chi connectivity index (χ4v) is 2.16. The van der Waals surface area contributed by atoms with Crippen molar-refractivity contribution in [2.24, 2.45) is 0 Å². The molecule has 2 rings (SSSR count). The molecule has 1 aromatic carbocycles. The average Bonchev–Trinajstić information content (AvgIpc) is 3.06. The third kappa shape index (κ3) is 4.04. The van der Waals surface area contributed by atoms with Crippen LogP contribution in [0.5, 0.6) is 5.75 Å². The summed E-state index contributed by atoms with van der Waals surface area (Å²) in [6, 6.07) is 7.42. The van der Waals surface area contributed by atoms with Crippen LogP contribution in [0.4, 0.5) is 0 Å². The Hall–Kier alpha value is -2.47. The minimum absolute atomic E-state index is 0.166. The van der Waals surface area contributed by atoms with Crippen molar-refractivity contribution in [1.82, 2.24) is 14.8 Å². The molecule has 1 heterocycles. The Bertz CT molecular complexity index is 674. The van der Waals surface area contributed by atoms with E-state index in [9.17, 15) is 4.79 Å². The van der Waals surface area contributed by atoms with Crippen molar-refractivity contribution in [3.63, 3.8) is 0 Å². The van der Waals surface area contributed by atoms with E-state index < -0.39 is 5.60 Å². The summed E-state index contributed by atoms with van der Waals surface area (Å²) >= 11 is 0. The molecular weight excluding hydrogens is 294 g/mol. The number of carbonyl (C=O) groups is 1. The maximum absolute atomic E-state index is 12.9. The standard InChI is InChI=1S/C17H21N3O3/c1-5-23-17(2,3)16(21)15(20-12-18-11-19-20)10-13-6-8-14(22-4)9-7-13/h6-12H,5H2,1-4H3/b15-10-. The molecule has 2 aromatic rings. The van der Waals surface area contributed by atoms with E-state index in [1.165, 1.54) is 17.3 Å². The molecule has 0 aliphatic carbocycles. The molecule has 0 atom stereocenters. The van der Waals surface area contributed by atoms with Crippen LogP contribution in [-0.4, -0.2) is 39.9 Å². The molecule has 0 amide bonds. The highest BCUT2D eigenvalue weighted by Gasteiger charge is 2.32. The highest BCUT2D eigenvalue weighted by Crippen LogP contribution is 2.22. The number of carbonyl (C=O) groups excluding carboxylic acids is 1. The van der Waals surface area contributed by atoms with Gasteiger partial charge in [-0.25, -0.2) is 9.67 Å². The molecule has 0 bridgehead atoms. The Morgan fingerprint density at radius 2 is 2.00 bits per heavy atom. The molecule has 0 saturated heterocycles. The van der Waals surface area contributed by atoms with Gasteiger partial charge in [0.2, 0.25) is 5.78 Å². The molecule has 122 valence electrons. The van der Waals surface area contributed by atoms with Crippen molar-refractivity contribution < 1.29 is 14.3 Å². The highest BCUT2D eigenvalue weighted by molar-refractivity contribution is 6.23. The smallest absolute Gasteiger partial charge is 0.212 e. The number of benzene rings is 1. The van der Waals surface area contributed by atoms with Crippen molar-refractivity contribution in [2.75, 3.05) is 13.7 Å². The summed E-state index contributed by atoms with van der Waals surface area (Å²) in [5.74, 6) is 0.589. The second-order valence-electron chi connectivity index (χ2n) is 5.42. The number of rotatable bonds is 7. The largest absolute Gasteiger partial charge is 0.497 e. The number of methoxy groups -OCH3 is 1. The Balaban J connectivity index is 2.42. The van der Waals surface area contributed by atoms with Crippen LogP contribution in [0.1, 0.15) is 26.3 Å². The molecule has 6 nitrogen and oxygen atoms in total. The Labute approximate surface area is 135 Å². The molecule has 6 heteroatoms. The Morgan fingerprint density at radius 3 is 2.52 bits per heavy atom. The minimum atomic E-state index is -0.945. The van der Waals surface area contributed by atoms with Crippen molar-refractivity contribution >= 4 is 17.6 Å². The van der Waals surface area contributed by atoms with Crippen LogP contribution in [0.25, 0.3) is 11.8 Å². The summed E-state index contributed by atoms with van der Waals surface area (Å²) < 4.78 is 12.2. The van der Waals surface area contributed by atoms with E-state index in [0.29, 0.717) is 12.3 Å². The Kier molecular flexibility index (Phi) is 5.28. The fourth-order valence-electron chi connectivity index (χ4n) is 2.16. The van der Waals surface area contributed by atoms with Gasteiger partial charge in [-0.05, 0) is 44.5 Å². The lowest BCUT2D eigenvalue weighted by Crippen LogP contribution is -2.37. The minimum Gasteiger partial charge on any atom is -0.497 e. The summed E-state index contributed by atoms with van der Waals surface area (Å²) in [4.78, 5) is 16.8. The molecule has 0 unspecified atom stereocenters. The molecule has 0 fully saturated rings. The van der Waals surface area contributed by atoms with Crippen LogP contribution >= 0.6 is 0 Å². The molecule has 0 aliphatic rings. The highest BCUT2D eigenvalue weighted by atomic mass is 16.5. The van der Waals surface area contributed by atoms with Gasteiger partial charge in [0.25, 0.3) is 0 Å². The second-order valence-corrected chi connectivity index (χ2v) is 5.42. The molecule has 1 aromatic heterocycles. The third-order valence-electron chi connectivity index (χ3n) is 3.37. The van der Waals surface area contributed by atoms with Gasteiger partial charge >= 0.3 is 0 Å². The molecule has 0 N–H and O–H groups in total. The van der Waals surface area contributed by atoms with Gasteiger partial charge in [0.15, 0.2) is 0 Å². The first-order chi connectivity index (χ1) is 11.0. The van der Waals surface area contributed by atoms with E-state index in [2.05, 4.69) is 10.1 Å². The number of nitrogens with zero attached hydrogens (tertiary/aromatic N) is 3. The lowest BCUT2D eigenvalue weighted by atomic mass is 9.99. The molecule has 0 spiro atoms. The summed E-state index contributed by atoms with van der Waals surface area (Å²) in [5.41, 5.74) is 0.307.